The highest BCUT2D eigenvalue weighted by Crippen LogP contribution is 2.28. The van der Waals surface area contributed by atoms with Crippen molar-refractivity contribution in [1.29, 1.82) is 0 Å². The molecule has 0 aliphatic carbocycles. The van der Waals surface area contributed by atoms with E-state index in [0.29, 0.717) is 12.0 Å². The van der Waals surface area contributed by atoms with Crippen molar-refractivity contribution in [3.8, 4) is 0 Å². The fourth-order valence-corrected chi connectivity index (χ4v) is 1.82. The van der Waals surface area contributed by atoms with E-state index in [4.69, 9.17) is 0 Å². The SMILES string of the molecule is CCNc1ncnc(NCC(C)N(C)C)c1C(C)C. The molecule has 1 aromatic rings. The van der Waals surface area contributed by atoms with Gasteiger partial charge in [0.25, 0.3) is 0 Å². The molecule has 0 radical (unpaired) electrons. The Morgan fingerprint density at radius 3 is 2.16 bits per heavy atom. The molecule has 1 heterocycles. The van der Waals surface area contributed by atoms with Gasteiger partial charge in [-0.1, -0.05) is 13.8 Å². The van der Waals surface area contributed by atoms with Gasteiger partial charge in [0, 0.05) is 24.7 Å². The zero-order valence-electron chi connectivity index (χ0n) is 13.0. The van der Waals surface area contributed by atoms with Gasteiger partial charge in [-0.3, -0.25) is 0 Å². The Kier molecular flexibility index (Phi) is 6.02. The topological polar surface area (TPSA) is 53.1 Å². The molecule has 19 heavy (non-hydrogen) atoms. The molecule has 5 nitrogen and oxygen atoms in total. The summed E-state index contributed by atoms with van der Waals surface area (Å²) in [6.45, 7) is 10.3. The maximum atomic E-state index is 4.39. The Bertz CT molecular complexity index is 389. The molecule has 0 fully saturated rings. The smallest absolute Gasteiger partial charge is 0.135 e. The minimum Gasteiger partial charge on any atom is -0.370 e. The average Bonchev–Trinajstić information content (AvgIpc) is 2.35. The molecule has 5 heteroatoms. The third-order valence-corrected chi connectivity index (χ3v) is 3.25. The number of hydrogen-bond donors (Lipinski definition) is 2. The average molecular weight is 265 g/mol. The summed E-state index contributed by atoms with van der Waals surface area (Å²) >= 11 is 0. The molecule has 1 unspecified atom stereocenters. The predicted molar refractivity (Wildman–Crippen MR) is 81.9 cm³/mol. The molecule has 1 rings (SSSR count). The van der Waals surface area contributed by atoms with Crippen LogP contribution in [0.25, 0.3) is 0 Å². The van der Waals surface area contributed by atoms with Gasteiger partial charge in [0.05, 0.1) is 0 Å². The lowest BCUT2D eigenvalue weighted by atomic mass is 10.0. The number of rotatable bonds is 7. The Labute approximate surface area is 116 Å². The van der Waals surface area contributed by atoms with Gasteiger partial charge in [0.15, 0.2) is 0 Å². The number of nitrogens with zero attached hydrogens (tertiary/aromatic N) is 3. The van der Waals surface area contributed by atoms with Crippen molar-refractivity contribution in [2.75, 3.05) is 37.8 Å². The second-order valence-electron chi connectivity index (χ2n) is 5.36. The predicted octanol–water partition coefficient (Wildman–Crippen LogP) is 2.39. The molecular formula is C14H27N5. The van der Waals surface area contributed by atoms with Crippen LogP contribution in [0.1, 0.15) is 39.2 Å². The molecular weight excluding hydrogens is 238 g/mol. The molecule has 0 bridgehead atoms. The lowest BCUT2D eigenvalue weighted by molar-refractivity contribution is 0.326. The van der Waals surface area contributed by atoms with Crippen LogP contribution >= 0.6 is 0 Å². The first kappa shape index (κ1) is 15.7. The molecule has 1 aromatic heterocycles. The van der Waals surface area contributed by atoms with E-state index in [1.54, 1.807) is 6.33 Å². The highest BCUT2D eigenvalue weighted by atomic mass is 15.1. The number of anilines is 2. The number of hydrogen-bond acceptors (Lipinski definition) is 5. The first-order valence-corrected chi connectivity index (χ1v) is 6.96. The Morgan fingerprint density at radius 1 is 1.11 bits per heavy atom. The summed E-state index contributed by atoms with van der Waals surface area (Å²) in [7, 11) is 4.17. The van der Waals surface area contributed by atoms with Gasteiger partial charge in [-0.15, -0.1) is 0 Å². The van der Waals surface area contributed by atoms with Crippen molar-refractivity contribution in [3.63, 3.8) is 0 Å². The van der Waals surface area contributed by atoms with Crippen LogP contribution in [0.15, 0.2) is 6.33 Å². The summed E-state index contributed by atoms with van der Waals surface area (Å²) < 4.78 is 0. The molecule has 0 spiro atoms. The molecule has 1 atom stereocenters. The van der Waals surface area contributed by atoms with Crippen molar-refractivity contribution in [2.45, 2.75) is 39.7 Å². The molecule has 2 N–H and O–H groups in total. The minimum atomic E-state index is 0.382. The van der Waals surface area contributed by atoms with Crippen LogP contribution in [0.2, 0.25) is 0 Å². The van der Waals surface area contributed by atoms with E-state index in [-0.39, 0.29) is 0 Å². The fourth-order valence-electron chi connectivity index (χ4n) is 1.82. The van der Waals surface area contributed by atoms with Crippen LogP contribution in [-0.2, 0) is 0 Å². The van der Waals surface area contributed by atoms with Gasteiger partial charge < -0.3 is 15.5 Å². The van der Waals surface area contributed by atoms with Gasteiger partial charge in [-0.25, -0.2) is 9.97 Å². The van der Waals surface area contributed by atoms with Crippen LogP contribution < -0.4 is 10.6 Å². The molecule has 0 aliphatic rings. The summed E-state index contributed by atoms with van der Waals surface area (Å²) in [5, 5.41) is 6.75. The summed E-state index contributed by atoms with van der Waals surface area (Å²) in [5.41, 5.74) is 1.16. The van der Waals surface area contributed by atoms with E-state index in [1.165, 1.54) is 0 Å². The summed E-state index contributed by atoms with van der Waals surface area (Å²) in [4.78, 5) is 10.9. The summed E-state index contributed by atoms with van der Waals surface area (Å²) in [6.07, 6.45) is 1.62. The molecule has 0 saturated heterocycles. The zero-order chi connectivity index (χ0) is 14.4. The van der Waals surface area contributed by atoms with Gasteiger partial charge in [-0.05, 0) is 33.9 Å². The van der Waals surface area contributed by atoms with Crippen molar-refractivity contribution >= 4 is 11.6 Å². The first-order valence-electron chi connectivity index (χ1n) is 6.96. The second kappa shape index (κ2) is 7.28. The van der Waals surface area contributed by atoms with Crippen LogP contribution in [-0.4, -0.2) is 48.1 Å². The van der Waals surface area contributed by atoms with Crippen LogP contribution in [0.3, 0.4) is 0 Å². The highest BCUT2D eigenvalue weighted by Gasteiger charge is 2.15. The number of nitrogens with one attached hydrogen (secondary N) is 2. The maximum Gasteiger partial charge on any atom is 0.135 e. The molecule has 0 amide bonds. The van der Waals surface area contributed by atoms with Crippen molar-refractivity contribution in [1.82, 2.24) is 14.9 Å². The second-order valence-corrected chi connectivity index (χ2v) is 5.36. The first-order chi connectivity index (χ1) is 8.97. The number of likely N-dealkylation sites (N-methyl/N-ethyl adjacent to an activating group) is 1. The summed E-state index contributed by atoms with van der Waals surface area (Å²) in [6, 6.07) is 0.456. The molecule has 0 aliphatic heterocycles. The minimum absolute atomic E-state index is 0.382. The van der Waals surface area contributed by atoms with Gasteiger partial charge >= 0.3 is 0 Å². The maximum absolute atomic E-state index is 4.39. The Morgan fingerprint density at radius 2 is 1.68 bits per heavy atom. The van der Waals surface area contributed by atoms with Crippen molar-refractivity contribution in [2.24, 2.45) is 0 Å². The van der Waals surface area contributed by atoms with E-state index < -0.39 is 0 Å². The molecule has 108 valence electrons. The lowest BCUT2D eigenvalue weighted by Gasteiger charge is -2.22. The summed E-state index contributed by atoms with van der Waals surface area (Å²) in [5.74, 6) is 2.26. The third kappa shape index (κ3) is 4.35. The van der Waals surface area contributed by atoms with Crippen molar-refractivity contribution < 1.29 is 0 Å². The lowest BCUT2D eigenvalue weighted by Crippen LogP contribution is -2.32. The molecule has 0 saturated carbocycles. The largest absolute Gasteiger partial charge is 0.370 e. The van der Waals surface area contributed by atoms with Gasteiger partial charge in [0.2, 0.25) is 0 Å². The Hall–Kier alpha value is -1.36. The normalized spacial score (nSPS) is 12.8. The highest BCUT2D eigenvalue weighted by molar-refractivity contribution is 5.59. The quantitative estimate of drug-likeness (QED) is 0.793. The molecule has 0 aromatic carbocycles. The van der Waals surface area contributed by atoms with Gasteiger partial charge in [0.1, 0.15) is 18.0 Å². The van der Waals surface area contributed by atoms with E-state index in [9.17, 15) is 0 Å². The van der Waals surface area contributed by atoms with Crippen LogP contribution in [0.4, 0.5) is 11.6 Å². The number of aromatic nitrogens is 2. The monoisotopic (exact) mass is 265 g/mol. The van der Waals surface area contributed by atoms with Crippen LogP contribution in [0, 0.1) is 0 Å². The van der Waals surface area contributed by atoms with E-state index >= 15 is 0 Å². The van der Waals surface area contributed by atoms with Crippen LogP contribution in [0.5, 0.6) is 0 Å². The Balaban J connectivity index is 2.90. The van der Waals surface area contributed by atoms with E-state index in [0.717, 1.165) is 30.3 Å². The fraction of sp³-hybridized carbons (Fsp3) is 0.714. The van der Waals surface area contributed by atoms with Gasteiger partial charge in [-0.2, -0.15) is 0 Å². The van der Waals surface area contributed by atoms with E-state index in [2.05, 4.69) is 67.3 Å². The van der Waals surface area contributed by atoms with E-state index in [1.807, 2.05) is 0 Å². The van der Waals surface area contributed by atoms with Crippen molar-refractivity contribution in [3.05, 3.63) is 11.9 Å². The zero-order valence-corrected chi connectivity index (χ0v) is 13.0. The third-order valence-electron chi connectivity index (χ3n) is 3.25. The standard InChI is InChI=1S/C14H27N5/c1-7-15-13-12(10(2)3)14(18-9-17-13)16-8-11(4)19(5)6/h9-11H,7-8H2,1-6H3,(H2,15,16,17,18).